The summed E-state index contributed by atoms with van der Waals surface area (Å²) in [5.74, 6) is 0.348. The van der Waals surface area contributed by atoms with Gasteiger partial charge in [0, 0.05) is 5.57 Å². The molecule has 2 aromatic carbocycles. The van der Waals surface area contributed by atoms with Gasteiger partial charge in [-0.25, -0.2) is 9.59 Å². The second kappa shape index (κ2) is 11.9. The van der Waals surface area contributed by atoms with Crippen LogP contribution in [-0.4, -0.2) is 30.3 Å². The third-order valence-electron chi connectivity index (χ3n) is 4.38. The van der Waals surface area contributed by atoms with Gasteiger partial charge < -0.3 is 19.5 Å². The Bertz CT molecular complexity index is 898. The van der Waals surface area contributed by atoms with Crippen molar-refractivity contribution < 1.29 is 23.8 Å². The highest BCUT2D eigenvalue weighted by Gasteiger charge is 2.20. The lowest BCUT2D eigenvalue weighted by atomic mass is 10.0. The maximum Gasteiger partial charge on any atom is 0.408 e. The van der Waals surface area contributed by atoms with E-state index in [9.17, 15) is 9.59 Å². The second-order valence-corrected chi connectivity index (χ2v) is 8.45. The minimum absolute atomic E-state index is 0.290. The first kappa shape index (κ1) is 25.0. The van der Waals surface area contributed by atoms with Crippen molar-refractivity contribution in [3.05, 3.63) is 77.4 Å². The van der Waals surface area contributed by atoms with E-state index in [1.165, 1.54) is 0 Å². The predicted octanol–water partition coefficient (Wildman–Crippen LogP) is 5.21. The summed E-state index contributed by atoms with van der Waals surface area (Å²) >= 11 is 0. The number of rotatable bonds is 9. The molecule has 2 rings (SSSR count). The maximum absolute atomic E-state index is 12.3. The Hall–Kier alpha value is -3.28. The molecular weight excluding hydrogens is 406 g/mol. The Kier molecular flexibility index (Phi) is 9.32. The Morgan fingerprint density at radius 1 is 1.00 bits per heavy atom. The zero-order valence-corrected chi connectivity index (χ0v) is 19.5. The molecule has 0 saturated heterocycles. The maximum atomic E-state index is 12.3. The number of carbonyl (C=O) groups is 2. The second-order valence-electron chi connectivity index (χ2n) is 8.45. The highest BCUT2D eigenvalue weighted by atomic mass is 16.6. The van der Waals surface area contributed by atoms with Crippen molar-refractivity contribution in [1.82, 2.24) is 5.32 Å². The van der Waals surface area contributed by atoms with Crippen LogP contribution in [0.4, 0.5) is 4.79 Å². The quantitative estimate of drug-likeness (QED) is 0.429. The van der Waals surface area contributed by atoms with E-state index in [1.54, 1.807) is 40.7 Å². The molecule has 172 valence electrons. The van der Waals surface area contributed by atoms with Crippen molar-refractivity contribution in [1.29, 1.82) is 0 Å². The number of ether oxygens (including phenoxy) is 3. The molecule has 0 saturated carbocycles. The molecule has 0 aliphatic carbocycles. The summed E-state index contributed by atoms with van der Waals surface area (Å²) in [4.78, 5) is 24.3. The first-order chi connectivity index (χ1) is 15.2. The van der Waals surface area contributed by atoms with Crippen LogP contribution in [0.1, 0.15) is 45.7 Å². The Labute approximate surface area is 190 Å². The van der Waals surface area contributed by atoms with Crippen LogP contribution in [0.25, 0.3) is 0 Å². The monoisotopic (exact) mass is 439 g/mol. The number of alkyl carbamates (subject to hydrolysis) is 1. The molecule has 0 heterocycles. The molecule has 1 N–H and O–H groups in total. The SMILES string of the molecule is CCOC(=O)/C(C)=C/[C@H](Cc1ccc(OCc2ccccc2)cc1)NC(=O)OC(C)(C)C. The molecule has 2 aromatic rings. The minimum atomic E-state index is -0.619. The fourth-order valence-corrected chi connectivity index (χ4v) is 2.94. The fourth-order valence-electron chi connectivity index (χ4n) is 2.94. The molecular formula is C26H33NO5. The van der Waals surface area contributed by atoms with E-state index >= 15 is 0 Å². The predicted molar refractivity (Wildman–Crippen MR) is 124 cm³/mol. The first-order valence-electron chi connectivity index (χ1n) is 10.8. The van der Waals surface area contributed by atoms with Gasteiger partial charge in [0.2, 0.25) is 0 Å². The third-order valence-corrected chi connectivity index (χ3v) is 4.38. The van der Waals surface area contributed by atoms with Gasteiger partial charge >= 0.3 is 12.1 Å². The average molecular weight is 440 g/mol. The number of nitrogens with one attached hydrogen (secondary N) is 1. The number of amides is 1. The molecule has 0 aromatic heterocycles. The van der Waals surface area contributed by atoms with Gasteiger partial charge in [-0.2, -0.15) is 0 Å². The van der Waals surface area contributed by atoms with E-state index in [0.717, 1.165) is 16.9 Å². The molecule has 6 heteroatoms. The number of hydrogen-bond acceptors (Lipinski definition) is 5. The van der Waals surface area contributed by atoms with E-state index in [0.29, 0.717) is 25.2 Å². The van der Waals surface area contributed by atoms with Crippen molar-refractivity contribution in [3.8, 4) is 5.75 Å². The van der Waals surface area contributed by atoms with Gasteiger partial charge in [-0.1, -0.05) is 48.5 Å². The van der Waals surface area contributed by atoms with Gasteiger partial charge in [-0.05, 0) is 64.3 Å². The Balaban J connectivity index is 2.07. The van der Waals surface area contributed by atoms with Crippen molar-refractivity contribution in [2.24, 2.45) is 0 Å². The van der Waals surface area contributed by atoms with Crippen LogP contribution in [0.15, 0.2) is 66.2 Å². The van der Waals surface area contributed by atoms with E-state index in [1.807, 2.05) is 54.6 Å². The van der Waals surface area contributed by atoms with E-state index < -0.39 is 23.7 Å². The number of esters is 1. The van der Waals surface area contributed by atoms with Crippen molar-refractivity contribution in [3.63, 3.8) is 0 Å². The lowest BCUT2D eigenvalue weighted by Crippen LogP contribution is -2.39. The van der Waals surface area contributed by atoms with E-state index in [-0.39, 0.29) is 0 Å². The summed E-state index contributed by atoms with van der Waals surface area (Å²) in [5, 5.41) is 2.83. The van der Waals surface area contributed by atoms with Gasteiger partial charge in [0.1, 0.15) is 18.0 Å². The van der Waals surface area contributed by atoms with E-state index in [2.05, 4.69) is 5.32 Å². The normalized spacial score (nSPS) is 12.6. The molecule has 0 aliphatic heterocycles. The average Bonchev–Trinajstić information content (AvgIpc) is 2.72. The summed E-state index contributed by atoms with van der Waals surface area (Å²) in [6.45, 7) is 9.61. The zero-order chi connectivity index (χ0) is 23.6. The Morgan fingerprint density at radius 3 is 2.25 bits per heavy atom. The van der Waals surface area contributed by atoms with Crippen LogP contribution in [-0.2, 0) is 27.3 Å². The highest BCUT2D eigenvalue weighted by Crippen LogP contribution is 2.17. The number of hydrogen-bond donors (Lipinski definition) is 1. The van der Waals surface area contributed by atoms with Crippen LogP contribution < -0.4 is 10.1 Å². The topological polar surface area (TPSA) is 73.9 Å². The molecule has 1 atom stereocenters. The summed E-state index contributed by atoms with van der Waals surface area (Å²) in [5.41, 5.74) is 1.88. The summed E-state index contributed by atoms with van der Waals surface area (Å²) in [6.07, 6.45) is 1.63. The lowest BCUT2D eigenvalue weighted by molar-refractivity contribution is -0.138. The molecule has 6 nitrogen and oxygen atoms in total. The van der Waals surface area contributed by atoms with Crippen LogP contribution >= 0.6 is 0 Å². The van der Waals surface area contributed by atoms with Gasteiger partial charge in [-0.15, -0.1) is 0 Å². The molecule has 0 aliphatic rings. The molecule has 0 spiro atoms. The van der Waals surface area contributed by atoms with Crippen LogP contribution in [0.2, 0.25) is 0 Å². The first-order valence-corrected chi connectivity index (χ1v) is 10.8. The molecule has 0 unspecified atom stereocenters. The Morgan fingerprint density at radius 2 is 1.66 bits per heavy atom. The number of carbonyl (C=O) groups excluding carboxylic acids is 2. The molecule has 1 amide bonds. The van der Waals surface area contributed by atoms with Gasteiger partial charge in [-0.3, -0.25) is 0 Å². The fraction of sp³-hybridized carbons (Fsp3) is 0.385. The smallest absolute Gasteiger partial charge is 0.408 e. The van der Waals surface area contributed by atoms with Crippen LogP contribution in [0.5, 0.6) is 5.75 Å². The third kappa shape index (κ3) is 9.25. The van der Waals surface area contributed by atoms with E-state index in [4.69, 9.17) is 14.2 Å². The van der Waals surface area contributed by atoms with Crippen LogP contribution in [0, 0.1) is 0 Å². The zero-order valence-electron chi connectivity index (χ0n) is 19.5. The molecule has 0 fully saturated rings. The summed E-state index contributed by atoms with van der Waals surface area (Å²) in [6, 6.07) is 17.2. The van der Waals surface area contributed by atoms with Crippen LogP contribution in [0.3, 0.4) is 0 Å². The molecule has 32 heavy (non-hydrogen) atoms. The summed E-state index contributed by atoms with van der Waals surface area (Å²) < 4.78 is 16.3. The summed E-state index contributed by atoms with van der Waals surface area (Å²) in [7, 11) is 0. The highest BCUT2D eigenvalue weighted by molar-refractivity contribution is 5.88. The van der Waals surface area contributed by atoms with Crippen molar-refractivity contribution in [2.45, 2.75) is 59.3 Å². The molecule has 0 radical (unpaired) electrons. The van der Waals surface area contributed by atoms with Crippen molar-refractivity contribution in [2.75, 3.05) is 6.61 Å². The van der Waals surface area contributed by atoms with Crippen molar-refractivity contribution >= 4 is 12.1 Å². The van der Waals surface area contributed by atoms with Gasteiger partial charge in [0.05, 0.1) is 12.6 Å². The largest absolute Gasteiger partial charge is 0.489 e. The number of benzene rings is 2. The van der Waals surface area contributed by atoms with Gasteiger partial charge in [0.25, 0.3) is 0 Å². The minimum Gasteiger partial charge on any atom is -0.489 e. The lowest BCUT2D eigenvalue weighted by Gasteiger charge is -2.23. The van der Waals surface area contributed by atoms with Gasteiger partial charge in [0.15, 0.2) is 0 Å². The standard InChI is InChI=1S/C26H33NO5/c1-6-30-24(28)19(2)16-22(27-25(29)32-26(3,4)5)17-20-12-14-23(15-13-20)31-18-21-10-8-7-9-11-21/h7-16,22H,6,17-18H2,1-5H3,(H,27,29)/b19-16+/t22-/m1/s1. The molecule has 0 bridgehead atoms.